The number of urea groups is 1. The number of para-hydroxylation sites is 1. The molecule has 0 aromatic heterocycles. The van der Waals surface area contributed by atoms with Gasteiger partial charge < -0.3 is 15.5 Å². The van der Waals surface area contributed by atoms with Gasteiger partial charge in [-0.1, -0.05) is 49.8 Å². The van der Waals surface area contributed by atoms with Crippen molar-refractivity contribution in [3.63, 3.8) is 0 Å². The molecule has 0 bridgehead atoms. The summed E-state index contributed by atoms with van der Waals surface area (Å²) >= 11 is 6.21. The van der Waals surface area contributed by atoms with Crippen molar-refractivity contribution in [2.45, 2.75) is 63.3 Å². The van der Waals surface area contributed by atoms with Gasteiger partial charge >= 0.3 is 6.03 Å². The number of carbonyl (C=O) groups excluding carboxylic acids is 2. The van der Waals surface area contributed by atoms with Crippen LogP contribution in [0.1, 0.15) is 33.1 Å². The summed E-state index contributed by atoms with van der Waals surface area (Å²) in [7, 11) is -1.67. The first kappa shape index (κ1) is 22.1. The second kappa shape index (κ2) is 7.48. The SMILES string of the molecule is CC1(C)C2=C(CN1C(=O)Nc1ccccc1Cl)C(NC(=O)C1([Si](C)(C)C)CCC1)=NC2. The van der Waals surface area contributed by atoms with Gasteiger partial charge in [-0.15, -0.1) is 0 Å². The number of anilines is 1. The average Bonchev–Trinajstić information content (AvgIpc) is 3.13. The Kier molecular flexibility index (Phi) is 5.33. The summed E-state index contributed by atoms with van der Waals surface area (Å²) in [4.78, 5) is 32.8. The molecular weight excluding hydrogens is 428 g/mol. The lowest BCUT2D eigenvalue weighted by Crippen LogP contribution is -2.55. The number of amides is 3. The van der Waals surface area contributed by atoms with Crippen LogP contribution in [-0.2, 0) is 4.79 Å². The number of nitrogens with zero attached hydrogens (tertiary/aromatic N) is 2. The van der Waals surface area contributed by atoms with E-state index in [0.717, 1.165) is 30.4 Å². The van der Waals surface area contributed by atoms with Crippen LogP contribution < -0.4 is 10.6 Å². The van der Waals surface area contributed by atoms with Gasteiger partial charge in [-0.25, -0.2) is 4.79 Å². The summed E-state index contributed by atoms with van der Waals surface area (Å²) in [5.41, 5.74) is 2.15. The predicted octanol–water partition coefficient (Wildman–Crippen LogP) is 5.05. The quantitative estimate of drug-likeness (QED) is 0.621. The van der Waals surface area contributed by atoms with Gasteiger partial charge in [0.15, 0.2) is 0 Å². The number of benzene rings is 1. The van der Waals surface area contributed by atoms with E-state index in [9.17, 15) is 9.59 Å². The molecule has 0 radical (unpaired) electrons. The predicted molar refractivity (Wildman–Crippen MR) is 129 cm³/mol. The molecule has 1 aliphatic carbocycles. The third-order valence-corrected chi connectivity index (χ3v) is 11.4. The van der Waals surface area contributed by atoms with Crippen LogP contribution in [0.5, 0.6) is 0 Å². The molecule has 3 amide bonds. The Labute approximate surface area is 190 Å². The Balaban J connectivity index is 1.50. The van der Waals surface area contributed by atoms with E-state index in [1.807, 2.05) is 26.0 Å². The number of rotatable bonds is 3. The molecule has 1 fully saturated rings. The van der Waals surface area contributed by atoms with Crippen molar-refractivity contribution in [3.05, 3.63) is 40.4 Å². The number of hydrogen-bond donors (Lipinski definition) is 2. The van der Waals surface area contributed by atoms with Crippen molar-refractivity contribution in [1.82, 2.24) is 10.2 Å². The van der Waals surface area contributed by atoms with Gasteiger partial charge in [-0.05, 0) is 44.4 Å². The summed E-state index contributed by atoms with van der Waals surface area (Å²) in [5.74, 6) is 0.757. The average molecular weight is 459 g/mol. The Morgan fingerprint density at radius 1 is 1.13 bits per heavy atom. The van der Waals surface area contributed by atoms with Gasteiger partial charge in [-0.3, -0.25) is 9.79 Å². The molecule has 31 heavy (non-hydrogen) atoms. The van der Waals surface area contributed by atoms with Crippen molar-refractivity contribution in [2.75, 3.05) is 18.4 Å². The number of hydrogen-bond acceptors (Lipinski definition) is 3. The Morgan fingerprint density at radius 3 is 2.39 bits per heavy atom. The zero-order valence-corrected chi connectivity index (χ0v) is 20.7. The maximum atomic E-state index is 13.3. The van der Waals surface area contributed by atoms with Crippen molar-refractivity contribution in [1.29, 1.82) is 0 Å². The van der Waals surface area contributed by atoms with E-state index < -0.39 is 13.6 Å². The second-order valence-corrected chi connectivity index (χ2v) is 16.2. The van der Waals surface area contributed by atoms with Crippen LogP contribution in [0, 0.1) is 0 Å². The van der Waals surface area contributed by atoms with E-state index in [2.05, 4.69) is 35.3 Å². The molecule has 3 aliphatic rings. The minimum Gasteiger partial charge on any atom is -0.311 e. The maximum Gasteiger partial charge on any atom is 0.322 e. The van der Waals surface area contributed by atoms with Crippen molar-refractivity contribution >= 4 is 43.1 Å². The number of carbonyl (C=O) groups is 2. The van der Waals surface area contributed by atoms with Crippen molar-refractivity contribution in [3.8, 4) is 0 Å². The van der Waals surface area contributed by atoms with Crippen LogP contribution in [0.2, 0.25) is 29.7 Å². The topological polar surface area (TPSA) is 73.8 Å². The zero-order chi connectivity index (χ0) is 22.6. The molecule has 0 spiro atoms. The first-order valence-electron chi connectivity index (χ1n) is 10.9. The van der Waals surface area contributed by atoms with Crippen molar-refractivity contribution in [2.24, 2.45) is 4.99 Å². The molecule has 0 atom stereocenters. The van der Waals surface area contributed by atoms with Gasteiger partial charge in [0.05, 0.1) is 37.4 Å². The van der Waals surface area contributed by atoms with Gasteiger partial charge in [-0.2, -0.15) is 0 Å². The van der Waals surface area contributed by atoms with Gasteiger partial charge in [0.1, 0.15) is 5.84 Å². The lowest BCUT2D eigenvalue weighted by molar-refractivity contribution is -0.125. The normalized spacial score (nSPS) is 21.4. The van der Waals surface area contributed by atoms with Crippen molar-refractivity contribution < 1.29 is 9.59 Å². The van der Waals surface area contributed by atoms with Crippen LogP contribution >= 0.6 is 11.6 Å². The summed E-state index contributed by atoms with van der Waals surface area (Å²) in [5, 5.41) is 6.37. The number of aliphatic imine (C=N–C) groups is 1. The summed E-state index contributed by atoms with van der Waals surface area (Å²) in [6.07, 6.45) is 3.04. The molecule has 1 aromatic rings. The lowest BCUT2D eigenvalue weighted by atomic mass is 9.83. The van der Waals surface area contributed by atoms with Gasteiger partial charge in [0.2, 0.25) is 5.91 Å². The number of halogens is 1. The molecule has 0 unspecified atom stereocenters. The third-order valence-electron chi connectivity index (χ3n) is 7.44. The monoisotopic (exact) mass is 458 g/mol. The number of nitrogens with one attached hydrogen (secondary N) is 2. The fourth-order valence-electron chi connectivity index (χ4n) is 5.00. The van der Waals surface area contributed by atoms with E-state index in [0.29, 0.717) is 29.6 Å². The van der Waals surface area contributed by atoms with Crippen LogP contribution in [0.3, 0.4) is 0 Å². The van der Waals surface area contributed by atoms with Crippen LogP contribution in [0.4, 0.5) is 10.5 Å². The molecule has 8 heteroatoms. The van der Waals surface area contributed by atoms with Gasteiger partial charge in [0, 0.05) is 10.6 Å². The van der Waals surface area contributed by atoms with E-state index in [1.165, 1.54) is 0 Å². The minimum absolute atomic E-state index is 0.113. The third kappa shape index (κ3) is 3.51. The van der Waals surface area contributed by atoms with Crippen LogP contribution in [-0.4, -0.2) is 49.4 Å². The highest BCUT2D eigenvalue weighted by Gasteiger charge is 2.54. The van der Waals surface area contributed by atoms with E-state index in [4.69, 9.17) is 11.6 Å². The molecule has 2 aliphatic heterocycles. The molecular formula is C23H31ClN4O2Si. The molecule has 4 rings (SSSR count). The Morgan fingerprint density at radius 2 is 1.81 bits per heavy atom. The standard InChI is InChI=1S/C23H31ClN4O2Si/c1-22(2)16-13-25-19(27-20(29)23(11-8-12-23)31(3,4)5)15(16)14-28(22)21(30)26-18-10-7-6-9-17(18)24/h6-7,9-10H,8,11-14H2,1-5H3,(H,26,30)(H,25,27,29). The van der Waals surface area contributed by atoms with Crippen LogP contribution in [0.15, 0.2) is 40.4 Å². The highest BCUT2D eigenvalue weighted by atomic mass is 35.5. The molecule has 0 saturated heterocycles. The van der Waals surface area contributed by atoms with E-state index in [-0.39, 0.29) is 17.0 Å². The largest absolute Gasteiger partial charge is 0.322 e. The lowest BCUT2D eigenvalue weighted by Gasteiger charge is -2.49. The molecule has 166 valence electrons. The second-order valence-electron chi connectivity index (χ2n) is 10.3. The molecule has 6 nitrogen and oxygen atoms in total. The molecule has 2 heterocycles. The first-order chi connectivity index (χ1) is 14.5. The maximum absolute atomic E-state index is 13.3. The van der Waals surface area contributed by atoms with E-state index in [1.54, 1.807) is 17.0 Å². The molecule has 1 saturated carbocycles. The molecule has 1 aromatic carbocycles. The molecule has 2 N–H and O–H groups in total. The Hall–Kier alpha value is -2.12. The fraction of sp³-hybridized carbons (Fsp3) is 0.522. The van der Waals surface area contributed by atoms with E-state index >= 15 is 0 Å². The summed E-state index contributed by atoms with van der Waals surface area (Å²) < 4.78 is 0. The van der Waals surface area contributed by atoms with Gasteiger partial charge in [0.25, 0.3) is 0 Å². The minimum atomic E-state index is -1.67. The number of amidine groups is 1. The summed E-state index contributed by atoms with van der Waals surface area (Å²) in [6.45, 7) is 11.8. The Bertz CT molecular complexity index is 1010. The highest BCUT2D eigenvalue weighted by molar-refractivity contribution is 6.82. The summed E-state index contributed by atoms with van der Waals surface area (Å²) in [6, 6.07) is 6.99. The van der Waals surface area contributed by atoms with Crippen LogP contribution in [0.25, 0.3) is 0 Å². The smallest absolute Gasteiger partial charge is 0.311 e. The fourth-order valence-corrected chi connectivity index (χ4v) is 7.78. The first-order valence-corrected chi connectivity index (χ1v) is 14.8. The zero-order valence-electron chi connectivity index (χ0n) is 18.9. The highest BCUT2D eigenvalue weighted by Crippen LogP contribution is 2.55.